The summed E-state index contributed by atoms with van der Waals surface area (Å²) in [6.07, 6.45) is 6.36. The fourth-order valence-electron chi connectivity index (χ4n) is 4.42. The molecule has 0 aliphatic heterocycles. The fourth-order valence-corrected chi connectivity index (χ4v) is 4.42. The minimum absolute atomic E-state index is 0.113. The number of carbonyl (C=O) groups is 3. The molecule has 2 aromatic rings. The molecule has 33 heavy (non-hydrogen) atoms. The van der Waals surface area contributed by atoms with Gasteiger partial charge in [0.05, 0.1) is 6.54 Å². The van der Waals surface area contributed by atoms with Crippen molar-refractivity contribution < 1.29 is 14.4 Å². The lowest BCUT2D eigenvalue weighted by Gasteiger charge is -2.38. The minimum atomic E-state index is -1.01. The van der Waals surface area contributed by atoms with E-state index in [0.717, 1.165) is 42.6 Å². The van der Waals surface area contributed by atoms with E-state index in [-0.39, 0.29) is 30.7 Å². The van der Waals surface area contributed by atoms with Crippen molar-refractivity contribution in [1.29, 1.82) is 5.41 Å². The van der Waals surface area contributed by atoms with Gasteiger partial charge in [-0.05, 0) is 30.5 Å². The van der Waals surface area contributed by atoms with Crippen molar-refractivity contribution in [1.82, 2.24) is 14.8 Å². The largest absolute Gasteiger partial charge is 0.370 e. The average Bonchev–Trinajstić information content (AvgIpc) is 2.83. The van der Waals surface area contributed by atoms with Crippen molar-refractivity contribution in [3.05, 3.63) is 66.0 Å². The number of Topliss-reactive ketones (excluding diaryl/α,β-unsaturated/α-hetero) is 1. The Balaban J connectivity index is 1.96. The molecule has 0 unspecified atom stereocenters. The Hall–Kier alpha value is -3.55. The molecule has 0 radical (unpaired) electrons. The summed E-state index contributed by atoms with van der Waals surface area (Å²) in [7, 11) is 0. The summed E-state index contributed by atoms with van der Waals surface area (Å²) in [6.45, 7) is 1.16. The summed E-state index contributed by atoms with van der Waals surface area (Å²) >= 11 is 0. The maximum absolute atomic E-state index is 14.0. The third-order valence-electron chi connectivity index (χ3n) is 6.03. The zero-order valence-corrected chi connectivity index (χ0v) is 18.9. The van der Waals surface area contributed by atoms with Gasteiger partial charge in [-0.2, -0.15) is 0 Å². The number of carbonyl (C=O) groups excluding carboxylic acids is 3. The third-order valence-corrected chi connectivity index (χ3v) is 6.03. The lowest BCUT2D eigenvalue weighted by Crippen LogP contribution is -2.58. The monoisotopic (exact) mass is 449 g/mol. The topological polar surface area (TPSA) is 120 Å². The fraction of sp³-hybridized carbons (Fsp3) is 0.400. The second kappa shape index (κ2) is 11.4. The van der Waals surface area contributed by atoms with Crippen LogP contribution in [0.5, 0.6) is 0 Å². The van der Waals surface area contributed by atoms with E-state index in [1.807, 2.05) is 30.3 Å². The number of benzene rings is 1. The molecule has 0 spiro atoms. The van der Waals surface area contributed by atoms with Gasteiger partial charge in [-0.1, -0.05) is 55.7 Å². The van der Waals surface area contributed by atoms with E-state index < -0.39 is 17.9 Å². The second-order valence-corrected chi connectivity index (χ2v) is 8.38. The van der Waals surface area contributed by atoms with Crippen LogP contribution in [0.4, 0.5) is 0 Å². The highest BCUT2D eigenvalue weighted by molar-refractivity contribution is 6.02. The molecule has 8 heteroatoms. The Kier molecular flexibility index (Phi) is 8.29. The summed E-state index contributed by atoms with van der Waals surface area (Å²) in [5.41, 5.74) is 6.87. The molecule has 1 atom stereocenters. The van der Waals surface area contributed by atoms with E-state index >= 15 is 0 Å². The Bertz CT molecular complexity index is 960. The molecule has 0 bridgehead atoms. The van der Waals surface area contributed by atoms with Gasteiger partial charge >= 0.3 is 0 Å². The van der Waals surface area contributed by atoms with Crippen LogP contribution in [0, 0.1) is 5.41 Å². The molecule has 1 aliphatic rings. The van der Waals surface area contributed by atoms with Crippen molar-refractivity contribution in [3.63, 3.8) is 0 Å². The maximum atomic E-state index is 14.0. The summed E-state index contributed by atoms with van der Waals surface area (Å²) in [5, 5.41) is 7.97. The molecule has 8 nitrogen and oxygen atoms in total. The quantitative estimate of drug-likeness (QED) is 0.365. The van der Waals surface area contributed by atoms with Gasteiger partial charge in [-0.25, -0.2) is 0 Å². The molecule has 1 heterocycles. The van der Waals surface area contributed by atoms with Crippen molar-refractivity contribution in [3.8, 4) is 0 Å². The summed E-state index contributed by atoms with van der Waals surface area (Å²) in [4.78, 5) is 46.2. The van der Waals surface area contributed by atoms with Gasteiger partial charge in [-0.3, -0.25) is 29.7 Å². The SMILES string of the molecule is CC(=O)N(C(=N)N)[C@@H](Cc1ccccc1)C(=O)N(CC(=O)c1ccccn1)C1CCCCC1. The number of hydrogen-bond donors (Lipinski definition) is 2. The first-order valence-electron chi connectivity index (χ1n) is 11.3. The van der Waals surface area contributed by atoms with Crippen molar-refractivity contribution in [2.45, 2.75) is 57.5 Å². The first-order valence-corrected chi connectivity index (χ1v) is 11.3. The lowest BCUT2D eigenvalue weighted by atomic mass is 9.92. The van der Waals surface area contributed by atoms with Crippen LogP contribution in [0.15, 0.2) is 54.7 Å². The third kappa shape index (κ3) is 6.25. The van der Waals surface area contributed by atoms with Crippen LogP contribution in [0.3, 0.4) is 0 Å². The number of nitrogens with one attached hydrogen (secondary N) is 1. The predicted octanol–water partition coefficient (Wildman–Crippen LogP) is 2.78. The Morgan fingerprint density at radius 2 is 1.73 bits per heavy atom. The second-order valence-electron chi connectivity index (χ2n) is 8.38. The Morgan fingerprint density at radius 1 is 1.06 bits per heavy atom. The van der Waals surface area contributed by atoms with Crippen molar-refractivity contribution in [2.24, 2.45) is 5.73 Å². The Labute approximate surface area is 194 Å². The van der Waals surface area contributed by atoms with E-state index in [0.29, 0.717) is 5.69 Å². The van der Waals surface area contributed by atoms with Gasteiger partial charge in [0.25, 0.3) is 0 Å². The van der Waals surface area contributed by atoms with Crippen molar-refractivity contribution >= 4 is 23.6 Å². The molecule has 1 aromatic carbocycles. The van der Waals surface area contributed by atoms with Crippen LogP contribution >= 0.6 is 0 Å². The zero-order chi connectivity index (χ0) is 23.8. The van der Waals surface area contributed by atoms with Gasteiger partial charge < -0.3 is 10.6 Å². The van der Waals surface area contributed by atoms with Crippen LogP contribution in [0.2, 0.25) is 0 Å². The van der Waals surface area contributed by atoms with Crippen LogP contribution in [0.1, 0.15) is 55.1 Å². The minimum Gasteiger partial charge on any atom is -0.370 e. The summed E-state index contributed by atoms with van der Waals surface area (Å²) in [6, 6.07) is 13.3. The Morgan fingerprint density at radius 3 is 2.30 bits per heavy atom. The van der Waals surface area contributed by atoms with E-state index in [9.17, 15) is 14.4 Å². The average molecular weight is 450 g/mol. The van der Waals surface area contributed by atoms with Crippen LogP contribution < -0.4 is 5.73 Å². The molecule has 174 valence electrons. The normalized spacial score (nSPS) is 14.8. The van der Waals surface area contributed by atoms with Gasteiger partial charge in [0, 0.05) is 25.6 Å². The number of rotatable bonds is 8. The van der Waals surface area contributed by atoms with Gasteiger partial charge in [0.15, 0.2) is 11.7 Å². The molecule has 3 N–H and O–H groups in total. The number of amides is 2. The molecule has 1 aliphatic carbocycles. The summed E-state index contributed by atoms with van der Waals surface area (Å²) in [5.74, 6) is -1.61. The molecular weight excluding hydrogens is 418 g/mol. The first-order chi connectivity index (χ1) is 15.9. The number of aromatic nitrogens is 1. The van der Waals surface area contributed by atoms with Crippen LogP contribution in [0.25, 0.3) is 0 Å². The lowest BCUT2D eigenvalue weighted by molar-refractivity contribution is -0.143. The number of nitrogens with two attached hydrogens (primary N) is 1. The van der Waals surface area contributed by atoms with Crippen molar-refractivity contribution in [2.75, 3.05) is 6.54 Å². The number of guanidine groups is 1. The molecule has 1 fully saturated rings. The molecule has 1 saturated carbocycles. The van der Waals surface area contributed by atoms with E-state index in [1.54, 1.807) is 29.3 Å². The highest BCUT2D eigenvalue weighted by atomic mass is 16.2. The molecule has 0 saturated heterocycles. The molecular formula is C25H31N5O3. The number of ketones is 1. The van der Waals surface area contributed by atoms with Crippen LogP contribution in [-0.4, -0.2) is 57.0 Å². The highest BCUT2D eigenvalue weighted by Gasteiger charge is 2.37. The van der Waals surface area contributed by atoms with Crippen LogP contribution in [-0.2, 0) is 16.0 Å². The summed E-state index contributed by atoms with van der Waals surface area (Å²) < 4.78 is 0. The van der Waals surface area contributed by atoms with Gasteiger partial charge in [0.1, 0.15) is 11.7 Å². The van der Waals surface area contributed by atoms with E-state index in [1.165, 1.54) is 6.92 Å². The van der Waals surface area contributed by atoms with E-state index in [4.69, 9.17) is 11.1 Å². The number of hydrogen-bond acceptors (Lipinski definition) is 5. The molecule has 3 rings (SSSR count). The van der Waals surface area contributed by atoms with Gasteiger partial charge in [0.2, 0.25) is 11.8 Å². The maximum Gasteiger partial charge on any atom is 0.246 e. The van der Waals surface area contributed by atoms with Gasteiger partial charge in [-0.15, -0.1) is 0 Å². The molecule has 2 amide bonds. The first kappa shape index (κ1) is 24.1. The number of nitrogens with zero attached hydrogens (tertiary/aromatic N) is 3. The zero-order valence-electron chi connectivity index (χ0n) is 18.9. The predicted molar refractivity (Wildman–Crippen MR) is 126 cm³/mol. The smallest absolute Gasteiger partial charge is 0.246 e. The highest BCUT2D eigenvalue weighted by Crippen LogP contribution is 2.25. The molecule has 1 aromatic heterocycles. The number of pyridine rings is 1. The standard InChI is InChI=1S/C25H31N5O3/c1-18(31)30(25(26)27)22(16-19-10-4-2-5-11-19)24(33)29(20-12-6-3-7-13-20)17-23(32)21-14-8-9-15-28-21/h2,4-5,8-11,14-15,20,22H,3,6-7,12-13,16-17H2,1H3,(H3,26,27)/t22-/m0/s1. The van der Waals surface area contributed by atoms with E-state index in [2.05, 4.69) is 4.98 Å².